The van der Waals surface area contributed by atoms with Crippen molar-refractivity contribution in [3.8, 4) is 0 Å². The van der Waals surface area contributed by atoms with E-state index in [-0.39, 0.29) is 17.8 Å². The van der Waals surface area contributed by atoms with Gasteiger partial charge in [-0.15, -0.1) is 0 Å². The van der Waals surface area contributed by atoms with Gasteiger partial charge in [0.15, 0.2) is 0 Å². The first-order valence-electron chi connectivity index (χ1n) is 8.47. The molecular formula is C21H18N2O3. The van der Waals surface area contributed by atoms with Crippen molar-refractivity contribution in [2.75, 3.05) is 0 Å². The van der Waals surface area contributed by atoms with Gasteiger partial charge >= 0.3 is 0 Å². The molecule has 0 spiro atoms. The molecule has 0 radical (unpaired) electrons. The van der Waals surface area contributed by atoms with Crippen LogP contribution in [0.1, 0.15) is 17.0 Å². The average molecular weight is 346 g/mol. The molecule has 0 bridgehead atoms. The standard InChI is InChI=1S/C21H18N2O3/c1-13-9-15-10-14(7-8-20(15)26-13)11-16(24)12-19-17-5-3-4-6-18(17)21(25)23(2)22-19/h3-10H,11-12H2,1-2H3. The van der Waals surface area contributed by atoms with Crippen molar-refractivity contribution in [3.63, 3.8) is 0 Å². The summed E-state index contributed by atoms with van der Waals surface area (Å²) in [5.74, 6) is 0.908. The van der Waals surface area contributed by atoms with Gasteiger partial charge in [-0.3, -0.25) is 9.59 Å². The molecule has 0 fully saturated rings. The third-order valence-corrected chi connectivity index (χ3v) is 4.50. The van der Waals surface area contributed by atoms with Gasteiger partial charge in [0, 0.05) is 24.2 Å². The summed E-state index contributed by atoms with van der Waals surface area (Å²) in [6, 6.07) is 15.0. The molecule has 2 heterocycles. The number of nitrogens with zero attached hydrogens (tertiary/aromatic N) is 2. The Bertz CT molecular complexity index is 1200. The lowest BCUT2D eigenvalue weighted by Crippen LogP contribution is -2.22. The molecule has 0 N–H and O–H groups in total. The Morgan fingerprint density at radius 2 is 1.85 bits per heavy atom. The first-order valence-corrected chi connectivity index (χ1v) is 8.47. The molecule has 0 atom stereocenters. The second-order valence-electron chi connectivity index (χ2n) is 6.54. The van der Waals surface area contributed by atoms with Gasteiger partial charge < -0.3 is 4.42 Å². The number of ketones is 1. The van der Waals surface area contributed by atoms with Crippen LogP contribution in [0.2, 0.25) is 0 Å². The lowest BCUT2D eigenvalue weighted by molar-refractivity contribution is -0.117. The number of rotatable bonds is 4. The molecule has 2 aromatic heterocycles. The number of benzene rings is 2. The molecule has 5 nitrogen and oxygen atoms in total. The molecule has 2 aromatic carbocycles. The van der Waals surface area contributed by atoms with Crippen molar-refractivity contribution < 1.29 is 9.21 Å². The Morgan fingerprint density at radius 3 is 2.65 bits per heavy atom. The monoisotopic (exact) mass is 346 g/mol. The van der Waals surface area contributed by atoms with E-state index in [1.54, 1.807) is 13.1 Å². The molecule has 4 rings (SSSR count). The summed E-state index contributed by atoms with van der Waals surface area (Å²) in [5, 5.41) is 6.63. The minimum absolute atomic E-state index is 0.0564. The van der Waals surface area contributed by atoms with Crippen LogP contribution in [0.5, 0.6) is 0 Å². The van der Waals surface area contributed by atoms with Crippen LogP contribution in [0.4, 0.5) is 0 Å². The molecule has 0 amide bonds. The van der Waals surface area contributed by atoms with E-state index in [1.807, 2.05) is 49.4 Å². The predicted molar refractivity (Wildman–Crippen MR) is 100 cm³/mol. The topological polar surface area (TPSA) is 65.1 Å². The molecular weight excluding hydrogens is 328 g/mol. The van der Waals surface area contributed by atoms with Crippen molar-refractivity contribution in [2.24, 2.45) is 7.05 Å². The Morgan fingerprint density at radius 1 is 1.08 bits per heavy atom. The third kappa shape index (κ3) is 2.92. The average Bonchev–Trinajstić information content (AvgIpc) is 2.98. The Balaban J connectivity index is 1.62. The minimum Gasteiger partial charge on any atom is -0.461 e. The molecule has 4 aromatic rings. The van der Waals surface area contributed by atoms with Crippen LogP contribution in [-0.2, 0) is 24.7 Å². The van der Waals surface area contributed by atoms with E-state index in [1.165, 1.54) is 4.68 Å². The van der Waals surface area contributed by atoms with E-state index in [0.29, 0.717) is 17.5 Å². The maximum absolute atomic E-state index is 12.6. The van der Waals surface area contributed by atoms with Crippen molar-refractivity contribution in [1.82, 2.24) is 9.78 Å². The van der Waals surface area contributed by atoms with Crippen molar-refractivity contribution >= 4 is 27.5 Å². The Labute approximate surface area is 149 Å². The van der Waals surface area contributed by atoms with Crippen LogP contribution in [0.3, 0.4) is 0 Å². The molecule has 130 valence electrons. The van der Waals surface area contributed by atoms with Crippen LogP contribution in [0.15, 0.2) is 57.7 Å². The lowest BCUT2D eigenvalue weighted by atomic mass is 10.0. The van der Waals surface area contributed by atoms with Crippen LogP contribution < -0.4 is 5.56 Å². The summed E-state index contributed by atoms with van der Waals surface area (Å²) < 4.78 is 6.87. The fourth-order valence-corrected chi connectivity index (χ4v) is 3.32. The SMILES string of the molecule is Cc1cc2cc(CC(=O)Cc3nn(C)c(=O)c4ccccc34)ccc2o1. The highest BCUT2D eigenvalue weighted by molar-refractivity contribution is 5.90. The largest absolute Gasteiger partial charge is 0.461 e. The summed E-state index contributed by atoms with van der Waals surface area (Å²) in [6.45, 7) is 1.90. The number of hydrogen-bond acceptors (Lipinski definition) is 4. The summed E-state index contributed by atoms with van der Waals surface area (Å²) in [7, 11) is 1.61. The van der Waals surface area contributed by atoms with E-state index >= 15 is 0 Å². The van der Waals surface area contributed by atoms with Gasteiger partial charge in [0.05, 0.1) is 17.5 Å². The van der Waals surface area contributed by atoms with E-state index < -0.39 is 0 Å². The predicted octanol–water partition coefficient (Wildman–Crippen LogP) is 3.34. The zero-order valence-electron chi connectivity index (χ0n) is 14.7. The molecule has 0 aliphatic rings. The van der Waals surface area contributed by atoms with Crippen LogP contribution in [-0.4, -0.2) is 15.6 Å². The smallest absolute Gasteiger partial charge is 0.274 e. The summed E-state index contributed by atoms with van der Waals surface area (Å²) in [4.78, 5) is 24.8. The first-order chi connectivity index (χ1) is 12.5. The fraction of sp³-hybridized carbons (Fsp3) is 0.190. The van der Waals surface area contributed by atoms with Gasteiger partial charge in [-0.25, -0.2) is 4.68 Å². The number of aryl methyl sites for hydroxylation is 2. The minimum atomic E-state index is -0.155. The van der Waals surface area contributed by atoms with E-state index in [4.69, 9.17) is 4.42 Å². The maximum Gasteiger partial charge on any atom is 0.274 e. The zero-order chi connectivity index (χ0) is 18.3. The van der Waals surface area contributed by atoms with Gasteiger partial charge in [0.25, 0.3) is 5.56 Å². The molecule has 0 aliphatic heterocycles. The summed E-state index contributed by atoms with van der Waals surface area (Å²) in [5.41, 5.74) is 2.24. The maximum atomic E-state index is 12.6. The van der Waals surface area contributed by atoms with Crippen molar-refractivity contribution in [2.45, 2.75) is 19.8 Å². The zero-order valence-corrected chi connectivity index (χ0v) is 14.7. The van der Waals surface area contributed by atoms with Crippen LogP contribution >= 0.6 is 0 Å². The Kier molecular flexibility index (Phi) is 3.92. The lowest BCUT2D eigenvalue weighted by Gasteiger charge is -2.08. The highest BCUT2D eigenvalue weighted by Gasteiger charge is 2.13. The summed E-state index contributed by atoms with van der Waals surface area (Å²) in [6.07, 6.45) is 0.510. The van der Waals surface area contributed by atoms with Gasteiger partial charge in [-0.05, 0) is 36.8 Å². The first kappa shape index (κ1) is 16.3. The number of furan rings is 1. The van der Waals surface area contributed by atoms with E-state index in [0.717, 1.165) is 27.7 Å². The molecule has 5 heteroatoms. The second-order valence-corrected chi connectivity index (χ2v) is 6.54. The van der Waals surface area contributed by atoms with E-state index in [9.17, 15) is 9.59 Å². The number of carbonyl (C=O) groups is 1. The molecule has 0 aliphatic carbocycles. The van der Waals surface area contributed by atoms with Crippen LogP contribution in [0.25, 0.3) is 21.7 Å². The quantitative estimate of drug-likeness (QED) is 0.568. The summed E-state index contributed by atoms with van der Waals surface area (Å²) >= 11 is 0. The molecule has 0 unspecified atom stereocenters. The molecule has 0 saturated carbocycles. The van der Waals surface area contributed by atoms with Crippen molar-refractivity contribution in [1.29, 1.82) is 0 Å². The van der Waals surface area contributed by atoms with Gasteiger partial charge in [-0.2, -0.15) is 5.10 Å². The number of carbonyl (C=O) groups excluding carboxylic acids is 1. The second kappa shape index (κ2) is 6.26. The Hall–Kier alpha value is -3.21. The van der Waals surface area contributed by atoms with Gasteiger partial charge in [0.1, 0.15) is 17.1 Å². The number of hydrogen-bond donors (Lipinski definition) is 0. The normalized spacial score (nSPS) is 11.3. The molecule has 26 heavy (non-hydrogen) atoms. The number of aromatic nitrogens is 2. The number of fused-ring (bicyclic) bond motifs is 2. The number of Topliss-reactive ketones (excluding diaryl/α,β-unsaturated/α-hetero) is 1. The molecule has 0 saturated heterocycles. The highest BCUT2D eigenvalue weighted by Crippen LogP contribution is 2.21. The van der Waals surface area contributed by atoms with Gasteiger partial charge in [0.2, 0.25) is 0 Å². The highest BCUT2D eigenvalue weighted by atomic mass is 16.3. The van der Waals surface area contributed by atoms with Crippen molar-refractivity contribution in [3.05, 3.63) is 75.9 Å². The third-order valence-electron chi connectivity index (χ3n) is 4.50. The fourth-order valence-electron chi connectivity index (χ4n) is 3.32. The van der Waals surface area contributed by atoms with E-state index in [2.05, 4.69) is 5.10 Å². The van der Waals surface area contributed by atoms with Gasteiger partial charge in [-0.1, -0.05) is 24.3 Å². The van der Waals surface area contributed by atoms with Crippen LogP contribution in [0, 0.1) is 6.92 Å².